The molecule has 12 heteroatoms. The maximum atomic E-state index is 6.31. The minimum atomic E-state index is 0.101. The van der Waals surface area contributed by atoms with Gasteiger partial charge in [-0.1, -0.05) is 18.2 Å². The van der Waals surface area contributed by atoms with Crippen LogP contribution >= 0.6 is 23.9 Å². The van der Waals surface area contributed by atoms with Gasteiger partial charge in [0, 0.05) is 47.1 Å². The molecular weight excluding hydrogens is 422 g/mol. The Morgan fingerprint density at radius 1 is 1.20 bits per heavy atom. The predicted molar refractivity (Wildman–Crippen MR) is 122 cm³/mol. The molecule has 0 aliphatic carbocycles. The number of amidine groups is 1. The van der Waals surface area contributed by atoms with Crippen molar-refractivity contribution in [3.63, 3.8) is 0 Å². The van der Waals surface area contributed by atoms with E-state index in [0.29, 0.717) is 16.7 Å². The molecule has 0 atom stereocenters. The van der Waals surface area contributed by atoms with E-state index in [1.807, 2.05) is 30.3 Å². The Labute approximate surface area is 182 Å². The monoisotopic (exact) mass is 445 g/mol. The lowest BCUT2D eigenvalue weighted by Crippen LogP contribution is -2.39. The van der Waals surface area contributed by atoms with Gasteiger partial charge in [0.25, 0.3) is 6.01 Å². The smallest absolute Gasteiger partial charge is 0.293 e. The van der Waals surface area contributed by atoms with Gasteiger partial charge in [0.05, 0.1) is 0 Å². The first-order chi connectivity index (χ1) is 14.6. The van der Waals surface area contributed by atoms with Crippen molar-refractivity contribution in [3.8, 4) is 11.1 Å². The van der Waals surface area contributed by atoms with Crippen LogP contribution in [0.25, 0.3) is 22.2 Å². The van der Waals surface area contributed by atoms with Crippen molar-refractivity contribution in [1.82, 2.24) is 20.1 Å². The topological polar surface area (TPSA) is 170 Å². The number of hydrogen-bond donors (Lipinski definition) is 6. The molecule has 4 rings (SSSR count). The summed E-state index contributed by atoms with van der Waals surface area (Å²) in [6.45, 7) is 3.75. The van der Waals surface area contributed by atoms with Crippen molar-refractivity contribution in [2.75, 3.05) is 31.9 Å². The number of nitrogens with one attached hydrogen (secondary N) is 2. The third-order valence-corrected chi connectivity index (χ3v) is 6.66. The van der Waals surface area contributed by atoms with Crippen LogP contribution in [0.1, 0.15) is 5.56 Å². The van der Waals surface area contributed by atoms with Crippen molar-refractivity contribution >= 4 is 46.8 Å². The zero-order valence-electron chi connectivity index (χ0n) is 16.1. The molecule has 0 spiro atoms. The number of oxazole rings is 1. The number of fused-ring (bicyclic) bond motifs is 1. The fourth-order valence-corrected chi connectivity index (χ4v) is 5.14. The van der Waals surface area contributed by atoms with Crippen LogP contribution in [0.4, 0.5) is 6.01 Å². The Balaban J connectivity index is 1.88. The number of benzene rings is 2. The number of para-hydroxylation sites is 1. The second-order valence-corrected chi connectivity index (χ2v) is 8.32. The van der Waals surface area contributed by atoms with E-state index in [4.69, 9.17) is 26.9 Å². The quantitative estimate of drug-likeness (QED) is 0.105. The minimum Gasteiger partial charge on any atom is -0.424 e. The molecule has 0 radical (unpaired) electrons. The Kier molecular flexibility index (Phi) is 6.32. The second-order valence-electron chi connectivity index (χ2n) is 6.53. The van der Waals surface area contributed by atoms with Crippen LogP contribution < -0.4 is 33.3 Å². The molecule has 0 amide bonds. The minimum absolute atomic E-state index is 0.101. The molecule has 10 nitrogen and oxygen atoms in total. The maximum Gasteiger partial charge on any atom is 0.293 e. The van der Waals surface area contributed by atoms with E-state index in [1.54, 1.807) is 11.9 Å². The molecule has 1 aromatic heterocycles. The van der Waals surface area contributed by atoms with E-state index >= 15 is 0 Å². The number of nitrogens with zero attached hydrogens (tertiary/aromatic N) is 3. The third kappa shape index (κ3) is 4.05. The van der Waals surface area contributed by atoms with Crippen LogP contribution in [-0.2, 0) is 0 Å². The van der Waals surface area contributed by atoms with Gasteiger partial charge < -0.3 is 21.2 Å². The third-order valence-electron chi connectivity index (χ3n) is 4.71. The first-order valence-corrected chi connectivity index (χ1v) is 10.9. The molecule has 0 unspecified atom stereocenters. The number of nitrogen functional groups attached to an aromatic ring is 1. The molecule has 30 heavy (non-hydrogen) atoms. The number of aromatic nitrogens is 1. The number of hydrazine groups is 1. The van der Waals surface area contributed by atoms with Crippen molar-refractivity contribution in [1.29, 1.82) is 0 Å². The number of hydrazone groups is 1. The molecular formula is C18H23N9OS2. The van der Waals surface area contributed by atoms with Gasteiger partial charge in [0.1, 0.15) is 5.52 Å². The van der Waals surface area contributed by atoms with E-state index < -0.39 is 0 Å². The Bertz CT molecular complexity index is 1080. The van der Waals surface area contributed by atoms with Crippen LogP contribution in [0.15, 0.2) is 49.6 Å². The molecule has 2 heterocycles. The lowest BCUT2D eigenvalue weighted by Gasteiger charge is -2.27. The molecule has 10 N–H and O–H groups in total. The standard InChI is InChI=1S/C18H23N9OS2/c19-17(25-26-21)14-10(11-2-1-3-12-15(11)24-18(20)28-12)4-5-13(16(14)29-22)30-27-8-6-23-7-9-27/h1-5,23,26H,6-9,21-22H2,(H2,19,25)(H2,20,24). The Hall–Kier alpha value is -2.48. The molecule has 3 aromatic rings. The summed E-state index contributed by atoms with van der Waals surface area (Å²) >= 11 is 2.78. The molecule has 1 aliphatic rings. The van der Waals surface area contributed by atoms with Crippen molar-refractivity contribution in [3.05, 3.63) is 35.9 Å². The number of piperazine rings is 1. The normalized spacial score (nSPS) is 15.6. The molecule has 1 saturated heterocycles. The summed E-state index contributed by atoms with van der Waals surface area (Å²) in [6, 6.07) is 9.74. The maximum absolute atomic E-state index is 6.31. The highest BCUT2D eigenvalue weighted by Crippen LogP contribution is 2.40. The van der Waals surface area contributed by atoms with Gasteiger partial charge in [-0.05, 0) is 41.6 Å². The lowest BCUT2D eigenvalue weighted by molar-refractivity contribution is 0.396. The van der Waals surface area contributed by atoms with E-state index in [0.717, 1.165) is 59.0 Å². The van der Waals surface area contributed by atoms with E-state index in [1.165, 1.54) is 0 Å². The van der Waals surface area contributed by atoms with Crippen LogP contribution in [0.2, 0.25) is 0 Å². The van der Waals surface area contributed by atoms with E-state index in [9.17, 15) is 0 Å². The van der Waals surface area contributed by atoms with Gasteiger partial charge in [-0.2, -0.15) is 4.98 Å². The van der Waals surface area contributed by atoms with Crippen molar-refractivity contribution < 1.29 is 4.42 Å². The van der Waals surface area contributed by atoms with Gasteiger partial charge >= 0.3 is 0 Å². The summed E-state index contributed by atoms with van der Waals surface area (Å²) in [5.41, 5.74) is 17.9. The molecule has 2 aromatic carbocycles. The van der Waals surface area contributed by atoms with E-state index in [2.05, 4.69) is 25.2 Å². The SMILES string of the molecule is NN/N=C(\N)c1c(-c2cccc3oc(N)nc23)ccc(SN2CCNCC2)c1SN. The highest BCUT2D eigenvalue weighted by atomic mass is 32.2. The van der Waals surface area contributed by atoms with Gasteiger partial charge in [-0.25, -0.2) is 15.7 Å². The van der Waals surface area contributed by atoms with Gasteiger partial charge in [0.2, 0.25) is 0 Å². The highest BCUT2D eigenvalue weighted by Gasteiger charge is 2.22. The molecule has 158 valence electrons. The zero-order chi connectivity index (χ0) is 21.1. The highest BCUT2D eigenvalue weighted by molar-refractivity contribution is 8.00. The first-order valence-electron chi connectivity index (χ1n) is 9.24. The molecule has 0 bridgehead atoms. The molecule has 1 aliphatic heterocycles. The number of rotatable bonds is 6. The van der Waals surface area contributed by atoms with Gasteiger partial charge in [-0.3, -0.25) is 5.14 Å². The second kappa shape index (κ2) is 9.12. The van der Waals surface area contributed by atoms with Crippen LogP contribution in [0.5, 0.6) is 0 Å². The fraction of sp³-hybridized carbons (Fsp3) is 0.222. The number of anilines is 1. The first kappa shape index (κ1) is 20.8. The predicted octanol–water partition coefficient (Wildman–Crippen LogP) is 1.04. The molecule has 0 saturated carbocycles. The Morgan fingerprint density at radius 2 is 2.00 bits per heavy atom. The summed E-state index contributed by atoms with van der Waals surface area (Å²) in [5.74, 6) is 5.63. The zero-order valence-corrected chi connectivity index (χ0v) is 17.7. The van der Waals surface area contributed by atoms with Gasteiger partial charge in [-0.15, -0.1) is 5.10 Å². The van der Waals surface area contributed by atoms with E-state index in [-0.39, 0.29) is 11.9 Å². The van der Waals surface area contributed by atoms with Crippen LogP contribution in [0.3, 0.4) is 0 Å². The summed E-state index contributed by atoms with van der Waals surface area (Å²) in [4.78, 5) is 6.14. The molecule has 1 fully saturated rings. The summed E-state index contributed by atoms with van der Waals surface area (Å²) in [7, 11) is 0. The van der Waals surface area contributed by atoms with Crippen molar-refractivity contribution in [2.24, 2.45) is 21.8 Å². The van der Waals surface area contributed by atoms with Crippen LogP contribution in [0, 0.1) is 0 Å². The summed E-state index contributed by atoms with van der Waals surface area (Å²) in [6.07, 6.45) is 0. The Morgan fingerprint density at radius 3 is 2.73 bits per heavy atom. The van der Waals surface area contributed by atoms with Crippen molar-refractivity contribution in [2.45, 2.75) is 9.79 Å². The fourth-order valence-electron chi connectivity index (χ4n) is 3.41. The van der Waals surface area contributed by atoms with Gasteiger partial charge in [0.15, 0.2) is 11.4 Å². The average molecular weight is 446 g/mol. The largest absolute Gasteiger partial charge is 0.424 e. The average Bonchev–Trinajstić information content (AvgIpc) is 3.14. The summed E-state index contributed by atoms with van der Waals surface area (Å²) < 4.78 is 7.78. The van der Waals surface area contributed by atoms with Crippen LogP contribution in [-0.4, -0.2) is 41.3 Å². The summed E-state index contributed by atoms with van der Waals surface area (Å²) in [5, 5.41) is 13.5. The number of hydrogen-bond acceptors (Lipinski definition) is 11. The number of nitrogens with two attached hydrogens (primary N) is 4. The lowest BCUT2D eigenvalue weighted by atomic mass is 9.98.